The molecule has 1 saturated heterocycles. The van der Waals surface area contributed by atoms with Crippen LogP contribution in [0.15, 0.2) is 54.6 Å². The summed E-state index contributed by atoms with van der Waals surface area (Å²) in [5.41, 5.74) is 2.62. The Morgan fingerprint density at radius 2 is 1.57 bits per heavy atom. The van der Waals surface area contributed by atoms with Crippen molar-refractivity contribution in [2.45, 2.75) is 24.0 Å². The summed E-state index contributed by atoms with van der Waals surface area (Å²) in [6, 6.07) is 18.9. The van der Waals surface area contributed by atoms with Gasteiger partial charge in [0, 0.05) is 0 Å². The average molecular weight is 316 g/mol. The van der Waals surface area contributed by atoms with E-state index in [0.29, 0.717) is 6.61 Å². The molecule has 2 aromatic rings. The lowest BCUT2D eigenvalue weighted by Crippen LogP contribution is -2.09. The Balaban J connectivity index is 1.51. The standard InChI is InChI=1S/C18H20OS2/c1-2-5-16(6-3-1)14-19-17-9-7-15(8-10-17)13-18-20-11-4-12-21-18/h1-3,5-10,18H,4,11-14H2. The van der Waals surface area contributed by atoms with E-state index in [9.17, 15) is 0 Å². The summed E-state index contributed by atoms with van der Waals surface area (Å²) in [6.45, 7) is 0.633. The molecular weight excluding hydrogens is 296 g/mol. The van der Waals surface area contributed by atoms with Crippen LogP contribution in [0.3, 0.4) is 0 Å². The van der Waals surface area contributed by atoms with Crippen LogP contribution < -0.4 is 4.74 Å². The lowest BCUT2D eigenvalue weighted by molar-refractivity contribution is 0.306. The van der Waals surface area contributed by atoms with Crippen molar-refractivity contribution >= 4 is 23.5 Å². The SMILES string of the molecule is c1ccc(COc2ccc(CC3SCCCS3)cc2)cc1. The topological polar surface area (TPSA) is 9.23 Å². The van der Waals surface area contributed by atoms with Crippen molar-refractivity contribution < 1.29 is 4.74 Å². The Bertz CT molecular complexity index is 533. The summed E-state index contributed by atoms with van der Waals surface area (Å²) in [7, 11) is 0. The molecule has 1 aliphatic rings. The third-order valence-corrected chi connectivity index (χ3v) is 6.41. The van der Waals surface area contributed by atoms with Crippen molar-refractivity contribution in [1.29, 1.82) is 0 Å². The predicted octanol–water partition coefficient (Wildman–Crippen LogP) is 5.00. The van der Waals surface area contributed by atoms with Gasteiger partial charge < -0.3 is 4.74 Å². The summed E-state index contributed by atoms with van der Waals surface area (Å²) < 4.78 is 6.56. The van der Waals surface area contributed by atoms with Crippen LogP contribution in [-0.4, -0.2) is 16.1 Å². The molecule has 1 nitrogen and oxygen atoms in total. The first-order chi connectivity index (χ1) is 10.4. The minimum Gasteiger partial charge on any atom is -0.489 e. The zero-order valence-electron chi connectivity index (χ0n) is 12.0. The van der Waals surface area contributed by atoms with Crippen LogP contribution in [0.5, 0.6) is 5.75 Å². The van der Waals surface area contributed by atoms with Crippen LogP contribution in [0.25, 0.3) is 0 Å². The number of hydrogen-bond donors (Lipinski definition) is 0. The number of ether oxygens (including phenoxy) is 1. The van der Waals surface area contributed by atoms with Gasteiger partial charge in [0.2, 0.25) is 0 Å². The molecule has 0 bridgehead atoms. The maximum Gasteiger partial charge on any atom is 0.119 e. The second kappa shape index (κ2) is 7.81. The van der Waals surface area contributed by atoms with Crippen LogP contribution in [0.4, 0.5) is 0 Å². The molecule has 0 aliphatic carbocycles. The summed E-state index contributed by atoms with van der Waals surface area (Å²) in [5.74, 6) is 3.58. The molecule has 0 spiro atoms. The van der Waals surface area contributed by atoms with E-state index in [1.165, 1.54) is 29.1 Å². The Morgan fingerprint density at radius 1 is 0.857 bits per heavy atom. The molecule has 21 heavy (non-hydrogen) atoms. The molecule has 0 amide bonds. The predicted molar refractivity (Wildman–Crippen MR) is 94.2 cm³/mol. The van der Waals surface area contributed by atoms with Gasteiger partial charge in [-0.2, -0.15) is 0 Å². The number of benzene rings is 2. The summed E-state index contributed by atoms with van der Waals surface area (Å²) in [4.78, 5) is 0. The molecule has 3 rings (SSSR count). The van der Waals surface area contributed by atoms with Crippen molar-refractivity contribution in [3.63, 3.8) is 0 Å². The van der Waals surface area contributed by atoms with Gasteiger partial charge in [-0.05, 0) is 47.6 Å². The van der Waals surface area contributed by atoms with Gasteiger partial charge in [0.15, 0.2) is 0 Å². The first-order valence-corrected chi connectivity index (χ1v) is 9.49. The van der Waals surface area contributed by atoms with Crippen molar-refractivity contribution in [2.75, 3.05) is 11.5 Å². The molecule has 0 unspecified atom stereocenters. The van der Waals surface area contributed by atoms with Crippen molar-refractivity contribution in [3.05, 3.63) is 65.7 Å². The van der Waals surface area contributed by atoms with E-state index >= 15 is 0 Å². The first-order valence-electron chi connectivity index (χ1n) is 7.39. The maximum absolute atomic E-state index is 5.83. The lowest BCUT2D eigenvalue weighted by Gasteiger charge is -2.20. The van der Waals surface area contributed by atoms with E-state index in [-0.39, 0.29) is 0 Å². The highest BCUT2D eigenvalue weighted by Crippen LogP contribution is 2.33. The Kier molecular flexibility index (Phi) is 5.53. The maximum atomic E-state index is 5.83. The van der Waals surface area contributed by atoms with Gasteiger partial charge in [-0.15, -0.1) is 23.5 Å². The second-order valence-corrected chi connectivity index (χ2v) is 8.07. The quantitative estimate of drug-likeness (QED) is 0.768. The van der Waals surface area contributed by atoms with E-state index in [0.717, 1.165) is 16.8 Å². The van der Waals surface area contributed by atoms with Crippen molar-refractivity contribution in [2.24, 2.45) is 0 Å². The fourth-order valence-corrected chi connectivity index (χ4v) is 5.22. The number of thioether (sulfide) groups is 2. The molecule has 0 radical (unpaired) electrons. The highest BCUT2D eigenvalue weighted by atomic mass is 32.2. The minimum atomic E-state index is 0.633. The molecule has 110 valence electrons. The number of rotatable bonds is 5. The molecule has 1 fully saturated rings. The Labute approximate surface area is 135 Å². The normalized spacial score (nSPS) is 15.8. The number of hydrogen-bond acceptors (Lipinski definition) is 3. The zero-order chi connectivity index (χ0) is 14.3. The van der Waals surface area contributed by atoms with Gasteiger partial charge in [0.05, 0.1) is 4.58 Å². The zero-order valence-corrected chi connectivity index (χ0v) is 13.7. The van der Waals surface area contributed by atoms with E-state index in [2.05, 4.69) is 59.9 Å². The van der Waals surface area contributed by atoms with E-state index in [1.54, 1.807) is 0 Å². The Morgan fingerprint density at radius 3 is 2.29 bits per heavy atom. The lowest BCUT2D eigenvalue weighted by atomic mass is 10.2. The molecule has 0 saturated carbocycles. The van der Waals surface area contributed by atoms with Crippen LogP contribution in [0.2, 0.25) is 0 Å². The largest absolute Gasteiger partial charge is 0.489 e. The van der Waals surface area contributed by atoms with Gasteiger partial charge in [-0.3, -0.25) is 0 Å². The third kappa shape index (κ3) is 4.72. The second-order valence-electron chi connectivity index (χ2n) is 5.15. The summed E-state index contributed by atoms with van der Waals surface area (Å²) in [6.07, 6.45) is 2.52. The van der Waals surface area contributed by atoms with Gasteiger partial charge in [0.25, 0.3) is 0 Å². The van der Waals surface area contributed by atoms with E-state index in [1.807, 2.05) is 18.2 Å². The monoisotopic (exact) mass is 316 g/mol. The van der Waals surface area contributed by atoms with E-state index in [4.69, 9.17) is 4.74 Å². The van der Waals surface area contributed by atoms with Crippen LogP contribution >= 0.6 is 23.5 Å². The smallest absolute Gasteiger partial charge is 0.119 e. The third-order valence-electron chi connectivity index (χ3n) is 3.47. The minimum absolute atomic E-state index is 0.633. The molecule has 3 heteroatoms. The van der Waals surface area contributed by atoms with Crippen molar-refractivity contribution in [3.8, 4) is 5.75 Å². The average Bonchev–Trinajstić information content (AvgIpc) is 2.56. The van der Waals surface area contributed by atoms with E-state index < -0.39 is 0 Å². The molecule has 0 aromatic heterocycles. The van der Waals surface area contributed by atoms with Gasteiger partial charge in [-0.25, -0.2) is 0 Å². The van der Waals surface area contributed by atoms with Crippen LogP contribution in [0, 0.1) is 0 Å². The molecule has 1 aliphatic heterocycles. The Hall–Kier alpha value is -1.06. The van der Waals surface area contributed by atoms with Gasteiger partial charge in [0.1, 0.15) is 12.4 Å². The first kappa shape index (κ1) is 14.9. The fraction of sp³-hybridized carbons (Fsp3) is 0.333. The highest BCUT2D eigenvalue weighted by molar-refractivity contribution is 8.17. The summed E-state index contributed by atoms with van der Waals surface area (Å²) in [5, 5.41) is 0. The molecule has 2 aromatic carbocycles. The molecule has 0 N–H and O–H groups in total. The summed E-state index contributed by atoms with van der Waals surface area (Å²) >= 11 is 4.20. The van der Waals surface area contributed by atoms with Crippen molar-refractivity contribution in [1.82, 2.24) is 0 Å². The molecule has 0 atom stereocenters. The van der Waals surface area contributed by atoms with Gasteiger partial charge >= 0.3 is 0 Å². The molecular formula is C18H20OS2. The van der Waals surface area contributed by atoms with Gasteiger partial charge in [-0.1, -0.05) is 42.5 Å². The highest BCUT2D eigenvalue weighted by Gasteiger charge is 2.14. The fourth-order valence-electron chi connectivity index (χ4n) is 2.31. The van der Waals surface area contributed by atoms with Crippen LogP contribution in [-0.2, 0) is 13.0 Å². The molecule has 1 heterocycles. The van der Waals surface area contributed by atoms with Crippen LogP contribution in [0.1, 0.15) is 17.5 Å².